The zero-order valence-electron chi connectivity index (χ0n) is 10.9. The molecule has 0 saturated carbocycles. The monoisotopic (exact) mass is 231 g/mol. The van der Waals surface area contributed by atoms with Gasteiger partial charge < -0.3 is 4.90 Å². The van der Waals surface area contributed by atoms with Crippen molar-refractivity contribution in [2.45, 2.75) is 26.7 Å². The van der Waals surface area contributed by atoms with Crippen molar-refractivity contribution >= 4 is 12.0 Å². The average Bonchev–Trinajstić information content (AvgIpc) is 2.33. The third-order valence-corrected chi connectivity index (χ3v) is 2.68. The van der Waals surface area contributed by atoms with Gasteiger partial charge in [0.1, 0.15) is 0 Å². The Hall–Kier alpha value is -1.57. The molecule has 1 rings (SSSR count). The highest BCUT2D eigenvalue weighted by Gasteiger charge is 2.02. The summed E-state index contributed by atoms with van der Waals surface area (Å²) >= 11 is 0. The maximum Gasteiger partial charge on any atom is 0.246 e. The number of carbonyl (C=O) groups excluding carboxylic acids is 1. The molecule has 0 unspecified atom stereocenters. The Morgan fingerprint density at radius 2 is 2.18 bits per heavy atom. The first kappa shape index (κ1) is 13.5. The number of amides is 1. The molecule has 17 heavy (non-hydrogen) atoms. The highest BCUT2D eigenvalue weighted by molar-refractivity contribution is 5.91. The van der Waals surface area contributed by atoms with Gasteiger partial charge in [0.05, 0.1) is 0 Å². The van der Waals surface area contributed by atoms with Crippen molar-refractivity contribution in [3.63, 3.8) is 0 Å². The topological polar surface area (TPSA) is 20.3 Å². The largest absolute Gasteiger partial charge is 0.342 e. The van der Waals surface area contributed by atoms with E-state index in [-0.39, 0.29) is 5.91 Å². The Kier molecular flexibility index (Phi) is 5.47. The Morgan fingerprint density at radius 3 is 2.82 bits per heavy atom. The number of benzene rings is 1. The fourth-order valence-corrected chi connectivity index (χ4v) is 1.57. The summed E-state index contributed by atoms with van der Waals surface area (Å²) in [6.07, 6.45) is 5.68. The minimum atomic E-state index is 0.0694. The van der Waals surface area contributed by atoms with E-state index in [9.17, 15) is 4.79 Å². The molecule has 0 saturated heterocycles. The quantitative estimate of drug-likeness (QED) is 0.712. The summed E-state index contributed by atoms with van der Waals surface area (Å²) in [5, 5.41) is 0. The van der Waals surface area contributed by atoms with E-state index in [1.807, 2.05) is 38.2 Å². The van der Waals surface area contributed by atoms with Crippen LogP contribution in [0, 0.1) is 6.92 Å². The molecule has 0 fully saturated rings. The summed E-state index contributed by atoms with van der Waals surface area (Å²) in [5.41, 5.74) is 2.28. The van der Waals surface area contributed by atoms with Crippen molar-refractivity contribution in [3.05, 3.63) is 41.5 Å². The van der Waals surface area contributed by atoms with E-state index in [4.69, 9.17) is 0 Å². The highest BCUT2D eigenvalue weighted by Crippen LogP contribution is 2.06. The van der Waals surface area contributed by atoms with Gasteiger partial charge in [0.15, 0.2) is 0 Å². The van der Waals surface area contributed by atoms with Crippen LogP contribution in [0.25, 0.3) is 6.08 Å². The van der Waals surface area contributed by atoms with E-state index >= 15 is 0 Å². The van der Waals surface area contributed by atoms with Crippen LogP contribution in [0.4, 0.5) is 0 Å². The number of rotatable bonds is 5. The Morgan fingerprint density at radius 1 is 1.41 bits per heavy atom. The second-order valence-electron chi connectivity index (χ2n) is 4.36. The van der Waals surface area contributed by atoms with Gasteiger partial charge in [0.2, 0.25) is 5.91 Å². The smallest absolute Gasteiger partial charge is 0.246 e. The van der Waals surface area contributed by atoms with Crippen LogP contribution < -0.4 is 0 Å². The molecule has 0 atom stereocenters. The van der Waals surface area contributed by atoms with Crippen molar-refractivity contribution in [1.29, 1.82) is 0 Å². The van der Waals surface area contributed by atoms with E-state index in [1.54, 1.807) is 11.0 Å². The standard InChI is InChI=1S/C15H21NO/c1-4-5-11-16(3)15(17)10-9-14-8-6-7-13(2)12-14/h6-10,12H,4-5,11H2,1-3H3/b10-9+. The maximum atomic E-state index is 11.7. The molecular weight excluding hydrogens is 210 g/mol. The fourth-order valence-electron chi connectivity index (χ4n) is 1.57. The van der Waals surface area contributed by atoms with Crippen LogP contribution in [0.15, 0.2) is 30.3 Å². The molecule has 92 valence electrons. The second-order valence-corrected chi connectivity index (χ2v) is 4.36. The zero-order valence-corrected chi connectivity index (χ0v) is 10.9. The van der Waals surface area contributed by atoms with Gasteiger partial charge in [-0.05, 0) is 25.0 Å². The SMILES string of the molecule is CCCCN(C)C(=O)/C=C/c1cccc(C)c1. The van der Waals surface area contributed by atoms with Crippen LogP contribution in [0.1, 0.15) is 30.9 Å². The number of nitrogens with zero attached hydrogens (tertiary/aromatic N) is 1. The summed E-state index contributed by atoms with van der Waals surface area (Å²) < 4.78 is 0. The van der Waals surface area contributed by atoms with E-state index in [0.717, 1.165) is 24.9 Å². The number of aryl methyl sites for hydroxylation is 1. The van der Waals surface area contributed by atoms with Crippen LogP contribution in [0.2, 0.25) is 0 Å². The van der Waals surface area contributed by atoms with Crippen LogP contribution in [0.3, 0.4) is 0 Å². The molecule has 0 aliphatic carbocycles. The molecule has 1 amide bonds. The summed E-state index contributed by atoms with van der Waals surface area (Å²) in [4.78, 5) is 13.5. The number of unbranched alkanes of at least 4 members (excludes halogenated alkanes) is 1. The lowest BCUT2D eigenvalue weighted by Gasteiger charge is -2.13. The van der Waals surface area contributed by atoms with Crippen molar-refractivity contribution in [2.75, 3.05) is 13.6 Å². The van der Waals surface area contributed by atoms with Crippen LogP contribution in [-0.2, 0) is 4.79 Å². The summed E-state index contributed by atoms with van der Waals surface area (Å²) in [7, 11) is 1.85. The number of likely N-dealkylation sites (N-methyl/N-ethyl adjacent to an activating group) is 1. The van der Waals surface area contributed by atoms with Gasteiger partial charge in [-0.1, -0.05) is 43.2 Å². The number of carbonyl (C=O) groups is 1. The first-order valence-corrected chi connectivity index (χ1v) is 6.13. The molecule has 1 aromatic carbocycles. The van der Waals surface area contributed by atoms with Gasteiger partial charge in [-0.15, -0.1) is 0 Å². The van der Waals surface area contributed by atoms with Gasteiger partial charge in [-0.25, -0.2) is 0 Å². The Labute approximate surface area is 104 Å². The van der Waals surface area contributed by atoms with Crippen LogP contribution >= 0.6 is 0 Å². The van der Waals surface area contributed by atoms with E-state index in [0.29, 0.717) is 0 Å². The molecule has 0 aliphatic heterocycles. The predicted molar refractivity (Wildman–Crippen MR) is 72.8 cm³/mol. The summed E-state index contributed by atoms with van der Waals surface area (Å²) in [6.45, 7) is 5.00. The van der Waals surface area contributed by atoms with E-state index in [2.05, 4.69) is 13.0 Å². The highest BCUT2D eigenvalue weighted by atomic mass is 16.2. The normalized spacial score (nSPS) is 10.8. The first-order valence-electron chi connectivity index (χ1n) is 6.13. The first-order chi connectivity index (χ1) is 8.13. The third-order valence-electron chi connectivity index (χ3n) is 2.68. The van der Waals surface area contributed by atoms with Gasteiger partial charge in [0, 0.05) is 19.7 Å². The molecule has 0 bridgehead atoms. The number of hydrogen-bond acceptors (Lipinski definition) is 1. The van der Waals surface area contributed by atoms with Gasteiger partial charge in [-0.3, -0.25) is 4.79 Å². The van der Waals surface area contributed by atoms with E-state index in [1.165, 1.54) is 5.56 Å². The minimum Gasteiger partial charge on any atom is -0.342 e. The predicted octanol–water partition coefficient (Wildman–Crippen LogP) is 3.27. The lowest BCUT2D eigenvalue weighted by Crippen LogP contribution is -2.25. The molecule has 0 spiro atoms. The van der Waals surface area contributed by atoms with Crippen molar-refractivity contribution in [2.24, 2.45) is 0 Å². The summed E-state index contributed by atoms with van der Waals surface area (Å²) in [5.74, 6) is 0.0694. The molecular formula is C15H21NO. The molecule has 0 aromatic heterocycles. The molecule has 0 radical (unpaired) electrons. The summed E-state index contributed by atoms with van der Waals surface area (Å²) in [6, 6.07) is 8.12. The molecule has 0 aliphatic rings. The molecule has 2 nitrogen and oxygen atoms in total. The molecule has 0 N–H and O–H groups in total. The van der Waals surface area contributed by atoms with Crippen molar-refractivity contribution in [1.82, 2.24) is 4.90 Å². The average molecular weight is 231 g/mol. The van der Waals surface area contributed by atoms with Crippen LogP contribution in [-0.4, -0.2) is 24.4 Å². The zero-order chi connectivity index (χ0) is 12.7. The van der Waals surface area contributed by atoms with Crippen LogP contribution in [0.5, 0.6) is 0 Å². The van der Waals surface area contributed by atoms with Crippen molar-refractivity contribution in [3.8, 4) is 0 Å². The Bertz CT molecular complexity index is 396. The molecule has 2 heteroatoms. The van der Waals surface area contributed by atoms with Crippen molar-refractivity contribution < 1.29 is 4.79 Å². The molecule has 1 aromatic rings. The lowest BCUT2D eigenvalue weighted by atomic mass is 10.1. The second kappa shape index (κ2) is 6.89. The Balaban J connectivity index is 2.55. The third kappa shape index (κ3) is 4.85. The lowest BCUT2D eigenvalue weighted by molar-refractivity contribution is -0.124. The van der Waals surface area contributed by atoms with E-state index < -0.39 is 0 Å². The van der Waals surface area contributed by atoms with Gasteiger partial charge in [-0.2, -0.15) is 0 Å². The van der Waals surface area contributed by atoms with Gasteiger partial charge in [0.25, 0.3) is 0 Å². The minimum absolute atomic E-state index is 0.0694. The maximum absolute atomic E-state index is 11.7. The fraction of sp³-hybridized carbons (Fsp3) is 0.400. The molecule has 0 heterocycles. The number of hydrogen-bond donors (Lipinski definition) is 0. The van der Waals surface area contributed by atoms with Gasteiger partial charge >= 0.3 is 0 Å².